The van der Waals surface area contributed by atoms with Crippen molar-refractivity contribution < 1.29 is 9.18 Å². The molecule has 1 aliphatic rings. The molecule has 0 aliphatic carbocycles. The van der Waals surface area contributed by atoms with Crippen molar-refractivity contribution in [3.05, 3.63) is 34.1 Å². The summed E-state index contributed by atoms with van der Waals surface area (Å²) in [6.07, 6.45) is 0. The smallest absolute Gasteiger partial charge is 0.255 e. The molecule has 1 amide bonds. The molecule has 1 aliphatic heterocycles. The van der Waals surface area contributed by atoms with Crippen LogP contribution >= 0.6 is 28.1 Å². The largest absolute Gasteiger partial charge is 0.392 e. The molecule has 0 spiro atoms. The van der Waals surface area contributed by atoms with E-state index in [0.717, 1.165) is 0 Å². The number of piperazine rings is 1. The van der Waals surface area contributed by atoms with E-state index in [4.69, 9.17) is 18.0 Å². The zero-order chi connectivity index (χ0) is 15.6. The predicted octanol–water partition coefficient (Wildman–Crippen LogP) is 2.02. The Hall–Kier alpha value is -1.05. The summed E-state index contributed by atoms with van der Waals surface area (Å²) < 4.78 is 13.9. The molecule has 0 saturated carbocycles. The fraction of sp³-hybridized carbons (Fsp3) is 0.429. The second-order valence-corrected chi connectivity index (χ2v) is 6.36. The molecule has 7 heteroatoms. The van der Waals surface area contributed by atoms with Gasteiger partial charge in [0.05, 0.1) is 16.6 Å². The number of carbonyl (C=O) groups excluding carboxylic acids is 1. The van der Waals surface area contributed by atoms with Crippen LogP contribution in [0.5, 0.6) is 0 Å². The number of nitrogens with two attached hydrogens (primary N) is 1. The van der Waals surface area contributed by atoms with Crippen LogP contribution in [0.25, 0.3) is 0 Å². The number of amides is 1. The number of carbonyl (C=O) groups is 1. The van der Waals surface area contributed by atoms with Crippen molar-refractivity contribution in [3.63, 3.8) is 0 Å². The summed E-state index contributed by atoms with van der Waals surface area (Å²) in [5.41, 5.74) is 6.00. The van der Waals surface area contributed by atoms with Crippen LogP contribution in [0.1, 0.15) is 17.3 Å². The maximum absolute atomic E-state index is 13.3. The van der Waals surface area contributed by atoms with Crippen LogP contribution in [0.3, 0.4) is 0 Å². The fourth-order valence-electron chi connectivity index (χ4n) is 2.32. The first-order valence-electron chi connectivity index (χ1n) is 6.68. The van der Waals surface area contributed by atoms with Crippen molar-refractivity contribution in [1.29, 1.82) is 0 Å². The Morgan fingerprint density at radius 2 is 2.00 bits per heavy atom. The Morgan fingerprint density at radius 3 is 2.57 bits per heavy atom. The lowest BCUT2D eigenvalue weighted by atomic mass is 10.1. The highest BCUT2D eigenvalue weighted by atomic mass is 79.9. The van der Waals surface area contributed by atoms with Crippen molar-refractivity contribution in [1.82, 2.24) is 9.80 Å². The van der Waals surface area contributed by atoms with E-state index in [1.54, 1.807) is 11.0 Å². The van der Waals surface area contributed by atoms with Crippen LogP contribution < -0.4 is 5.73 Å². The van der Waals surface area contributed by atoms with E-state index in [9.17, 15) is 9.18 Å². The average molecular weight is 374 g/mol. The number of nitrogens with zero attached hydrogens (tertiary/aromatic N) is 2. The zero-order valence-electron chi connectivity index (χ0n) is 11.7. The molecule has 0 bridgehead atoms. The van der Waals surface area contributed by atoms with Crippen molar-refractivity contribution >= 4 is 39.0 Å². The molecule has 2 N–H and O–H groups in total. The van der Waals surface area contributed by atoms with E-state index < -0.39 is 5.82 Å². The number of rotatable bonds is 3. The van der Waals surface area contributed by atoms with Crippen molar-refractivity contribution in [2.45, 2.75) is 13.0 Å². The molecule has 1 saturated heterocycles. The van der Waals surface area contributed by atoms with Crippen molar-refractivity contribution in [3.8, 4) is 0 Å². The van der Waals surface area contributed by atoms with Gasteiger partial charge in [0.15, 0.2) is 0 Å². The molecule has 4 nitrogen and oxygen atoms in total. The van der Waals surface area contributed by atoms with Gasteiger partial charge in [-0.3, -0.25) is 9.69 Å². The fourth-order valence-corrected chi connectivity index (χ4v) is 2.89. The summed E-state index contributed by atoms with van der Waals surface area (Å²) in [7, 11) is 0. The highest BCUT2D eigenvalue weighted by Gasteiger charge is 2.26. The number of halogens is 2. The highest BCUT2D eigenvalue weighted by molar-refractivity contribution is 9.10. The normalized spacial score (nSPS) is 17.6. The molecule has 1 aromatic carbocycles. The van der Waals surface area contributed by atoms with E-state index in [-0.39, 0.29) is 11.9 Å². The van der Waals surface area contributed by atoms with Crippen LogP contribution in [-0.2, 0) is 0 Å². The minimum atomic E-state index is -0.415. The van der Waals surface area contributed by atoms with E-state index >= 15 is 0 Å². The molecule has 21 heavy (non-hydrogen) atoms. The minimum Gasteiger partial charge on any atom is -0.392 e. The Balaban J connectivity index is 2.03. The first kappa shape index (κ1) is 16.3. The van der Waals surface area contributed by atoms with Gasteiger partial charge in [0.1, 0.15) is 5.82 Å². The van der Waals surface area contributed by atoms with Gasteiger partial charge in [-0.25, -0.2) is 4.39 Å². The summed E-state index contributed by atoms with van der Waals surface area (Å²) in [5.74, 6) is -0.578. The highest BCUT2D eigenvalue weighted by Crippen LogP contribution is 2.20. The topological polar surface area (TPSA) is 49.6 Å². The standard InChI is InChI=1S/C14H17BrFN3OS/c1-9(13(17)21)18-4-6-19(7-5-18)14(20)11-8-10(16)2-3-12(11)15/h2-3,8-9H,4-7H2,1H3,(H2,17,21). The quantitative estimate of drug-likeness (QED) is 0.823. The van der Waals surface area contributed by atoms with Crippen LogP contribution in [0.2, 0.25) is 0 Å². The molecule has 114 valence electrons. The molecular formula is C14H17BrFN3OS. The first-order valence-corrected chi connectivity index (χ1v) is 7.88. The Kier molecular flexibility index (Phi) is 5.29. The molecule has 2 rings (SSSR count). The van der Waals surface area contributed by atoms with Gasteiger partial charge < -0.3 is 10.6 Å². The average Bonchev–Trinajstić information content (AvgIpc) is 2.48. The third-order valence-corrected chi connectivity index (χ3v) is 4.75. The summed E-state index contributed by atoms with van der Waals surface area (Å²) in [6.45, 7) is 4.53. The Morgan fingerprint density at radius 1 is 1.38 bits per heavy atom. The third-order valence-electron chi connectivity index (χ3n) is 3.72. The van der Waals surface area contributed by atoms with Gasteiger partial charge in [0, 0.05) is 30.7 Å². The van der Waals surface area contributed by atoms with Gasteiger partial charge in [-0.1, -0.05) is 12.2 Å². The maximum atomic E-state index is 13.3. The number of hydrogen-bond donors (Lipinski definition) is 1. The molecule has 0 radical (unpaired) electrons. The molecule has 1 atom stereocenters. The van der Waals surface area contributed by atoms with Crippen LogP contribution in [0.15, 0.2) is 22.7 Å². The third kappa shape index (κ3) is 3.78. The zero-order valence-corrected chi connectivity index (χ0v) is 14.1. The van der Waals surface area contributed by atoms with E-state index in [0.29, 0.717) is 41.2 Å². The summed E-state index contributed by atoms with van der Waals surface area (Å²) >= 11 is 8.29. The number of hydrogen-bond acceptors (Lipinski definition) is 3. The predicted molar refractivity (Wildman–Crippen MR) is 87.8 cm³/mol. The van der Waals surface area contributed by atoms with Crippen molar-refractivity contribution in [2.24, 2.45) is 5.73 Å². The molecule has 1 aromatic rings. The molecule has 0 aromatic heterocycles. The van der Waals surface area contributed by atoms with Gasteiger partial charge in [0.25, 0.3) is 5.91 Å². The van der Waals surface area contributed by atoms with E-state index in [1.165, 1.54) is 12.1 Å². The van der Waals surface area contributed by atoms with E-state index in [1.807, 2.05) is 6.92 Å². The van der Waals surface area contributed by atoms with E-state index in [2.05, 4.69) is 20.8 Å². The van der Waals surface area contributed by atoms with Gasteiger partial charge in [-0.05, 0) is 41.1 Å². The SMILES string of the molecule is CC(C(N)=S)N1CCN(C(=O)c2cc(F)ccc2Br)CC1. The second-order valence-electron chi connectivity index (χ2n) is 5.03. The lowest BCUT2D eigenvalue weighted by molar-refractivity contribution is 0.0620. The minimum absolute atomic E-state index is 0.0261. The van der Waals surface area contributed by atoms with Gasteiger partial charge in [-0.15, -0.1) is 0 Å². The molecular weight excluding hydrogens is 357 g/mol. The molecule has 1 unspecified atom stereocenters. The lowest BCUT2D eigenvalue weighted by Gasteiger charge is -2.37. The number of thiocarbonyl (C=S) groups is 1. The van der Waals surface area contributed by atoms with Crippen LogP contribution in [0.4, 0.5) is 4.39 Å². The maximum Gasteiger partial charge on any atom is 0.255 e. The van der Waals surface area contributed by atoms with Crippen LogP contribution in [-0.4, -0.2) is 52.9 Å². The monoisotopic (exact) mass is 373 g/mol. The summed E-state index contributed by atoms with van der Waals surface area (Å²) in [6, 6.07) is 4.16. The number of benzene rings is 1. The van der Waals surface area contributed by atoms with Gasteiger partial charge in [0.2, 0.25) is 0 Å². The van der Waals surface area contributed by atoms with Crippen LogP contribution in [0, 0.1) is 5.82 Å². The van der Waals surface area contributed by atoms with Gasteiger partial charge in [-0.2, -0.15) is 0 Å². The second kappa shape index (κ2) is 6.81. The first-order chi connectivity index (χ1) is 9.90. The molecule has 1 fully saturated rings. The summed E-state index contributed by atoms with van der Waals surface area (Å²) in [4.78, 5) is 16.8. The van der Waals surface area contributed by atoms with Crippen molar-refractivity contribution in [2.75, 3.05) is 26.2 Å². The Labute approximate surface area is 137 Å². The lowest BCUT2D eigenvalue weighted by Crippen LogP contribution is -2.54. The Bertz CT molecular complexity index is 561. The summed E-state index contributed by atoms with van der Waals surface area (Å²) in [5, 5.41) is 0. The van der Waals surface area contributed by atoms with Gasteiger partial charge >= 0.3 is 0 Å². The molecule has 1 heterocycles.